The number of anilines is 2. The summed E-state index contributed by atoms with van der Waals surface area (Å²) in [6, 6.07) is 27.8. The molecule has 6 nitrogen and oxygen atoms in total. The number of benzene rings is 2. The molecule has 0 saturated carbocycles. The molecule has 2 heterocycles. The van der Waals surface area contributed by atoms with Gasteiger partial charge in [-0.05, 0) is 28.8 Å². The predicted molar refractivity (Wildman–Crippen MR) is 124 cm³/mol. The summed E-state index contributed by atoms with van der Waals surface area (Å²) >= 11 is 0. The van der Waals surface area contributed by atoms with E-state index < -0.39 is 0 Å². The van der Waals surface area contributed by atoms with E-state index in [4.69, 9.17) is 0 Å². The Labute approximate surface area is 186 Å². The molecule has 4 rings (SSSR count). The first kappa shape index (κ1) is 20.6. The Hall–Kier alpha value is -4.68. The van der Waals surface area contributed by atoms with Crippen molar-refractivity contribution in [1.29, 1.82) is 10.5 Å². The van der Waals surface area contributed by atoms with Gasteiger partial charge in [0, 0.05) is 31.0 Å². The van der Waals surface area contributed by atoms with Gasteiger partial charge in [-0.3, -0.25) is 4.98 Å². The minimum Gasteiger partial charge on any atom is -0.365 e. The molecule has 6 heteroatoms. The van der Waals surface area contributed by atoms with Crippen molar-refractivity contribution in [3.63, 3.8) is 0 Å². The van der Waals surface area contributed by atoms with Gasteiger partial charge < -0.3 is 10.6 Å². The van der Waals surface area contributed by atoms with Crippen molar-refractivity contribution >= 4 is 11.6 Å². The zero-order valence-corrected chi connectivity index (χ0v) is 17.3. The van der Waals surface area contributed by atoms with Crippen molar-refractivity contribution in [3.05, 3.63) is 107 Å². The van der Waals surface area contributed by atoms with Gasteiger partial charge in [-0.2, -0.15) is 10.5 Å². The standard InChI is InChI=1S/C26H20N6/c27-15-22-24(21-11-13-29-14-12-21)23(16-28)26(31-18-20-9-5-2-6-10-20)32-25(22)30-17-19-7-3-1-4-8-19/h1-14H,17-18H2,(H2,30,31,32). The van der Waals surface area contributed by atoms with Crippen LogP contribution in [0.1, 0.15) is 22.3 Å². The Balaban J connectivity index is 1.79. The highest BCUT2D eigenvalue weighted by molar-refractivity contribution is 5.85. The first-order valence-electron chi connectivity index (χ1n) is 10.1. The van der Waals surface area contributed by atoms with Gasteiger partial charge >= 0.3 is 0 Å². The minimum absolute atomic E-state index is 0.328. The Morgan fingerprint density at radius 2 is 1.12 bits per heavy atom. The summed E-state index contributed by atoms with van der Waals surface area (Å²) in [5, 5.41) is 26.6. The molecule has 0 radical (unpaired) electrons. The van der Waals surface area contributed by atoms with E-state index >= 15 is 0 Å². The summed E-state index contributed by atoms with van der Waals surface area (Å²) in [4.78, 5) is 8.71. The van der Waals surface area contributed by atoms with E-state index in [1.807, 2.05) is 60.7 Å². The van der Waals surface area contributed by atoms with Crippen LogP contribution in [0.3, 0.4) is 0 Å². The molecule has 0 fully saturated rings. The number of nitrogens with zero attached hydrogens (tertiary/aromatic N) is 4. The van der Waals surface area contributed by atoms with E-state index in [-0.39, 0.29) is 0 Å². The molecule has 0 aliphatic heterocycles. The van der Waals surface area contributed by atoms with Crippen LogP contribution < -0.4 is 10.6 Å². The lowest BCUT2D eigenvalue weighted by Gasteiger charge is -2.17. The van der Waals surface area contributed by atoms with Crippen LogP contribution in [-0.2, 0) is 13.1 Å². The molecule has 0 saturated heterocycles. The van der Waals surface area contributed by atoms with Gasteiger partial charge in [-0.1, -0.05) is 60.7 Å². The lowest BCUT2D eigenvalue weighted by Crippen LogP contribution is -2.11. The van der Waals surface area contributed by atoms with Crippen LogP contribution >= 0.6 is 0 Å². The Kier molecular flexibility index (Phi) is 6.36. The van der Waals surface area contributed by atoms with Crippen LogP contribution in [0, 0.1) is 22.7 Å². The van der Waals surface area contributed by atoms with Gasteiger partial charge in [0.05, 0.1) is 0 Å². The van der Waals surface area contributed by atoms with E-state index in [2.05, 4.69) is 32.7 Å². The van der Waals surface area contributed by atoms with Crippen molar-refractivity contribution in [2.45, 2.75) is 13.1 Å². The summed E-state index contributed by atoms with van der Waals surface area (Å²) in [6.07, 6.45) is 3.29. The van der Waals surface area contributed by atoms with E-state index in [1.165, 1.54) is 0 Å². The fourth-order valence-electron chi connectivity index (χ4n) is 3.43. The Bertz CT molecular complexity index is 1190. The van der Waals surface area contributed by atoms with Crippen LogP contribution in [0.2, 0.25) is 0 Å². The monoisotopic (exact) mass is 416 g/mol. The van der Waals surface area contributed by atoms with Gasteiger partial charge in [0.2, 0.25) is 0 Å². The smallest absolute Gasteiger partial charge is 0.147 e. The SMILES string of the molecule is N#Cc1c(NCc2ccccc2)nc(NCc2ccccc2)c(C#N)c1-c1ccncc1. The highest BCUT2D eigenvalue weighted by atomic mass is 15.1. The second-order valence-corrected chi connectivity index (χ2v) is 7.07. The summed E-state index contributed by atoms with van der Waals surface area (Å²) in [5.41, 5.74) is 4.06. The van der Waals surface area contributed by atoms with Crippen molar-refractivity contribution in [2.75, 3.05) is 10.6 Å². The summed E-state index contributed by atoms with van der Waals surface area (Å²) < 4.78 is 0. The largest absolute Gasteiger partial charge is 0.365 e. The Morgan fingerprint density at radius 1 is 0.656 bits per heavy atom. The summed E-state index contributed by atoms with van der Waals surface area (Å²) in [5.74, 6) is 0.857. The first-order chi connectivity index (χ1) is 15.8. The number of nitrogens with one attached hydrogen (secondary N) is 2. The van der Waals surface area contributed by atoms with E-state index in [1.54, 1.807) is 24.5 Å². The molecular weight excluding hydrogens is 396 g/mol. The number of pyridine rings is 2. The van der Waals surface area contributed by atoms with Crippen molar-refractivity contribution in [2.24, 2.45) is 0 Å². The molecule has 0 atom stereocenters. The number of hydrogen-bond donors (Lipinski definition) is 2. The molecule has 4 aromatic rings. The van der Waals surface area contributed by atoms with Crippen LogP contribution in [0.4, 0.5) is 11.6 Å². The number of hydrogen-bond acceptors (Lipinski definition) is 6. The molecule has 2 N–H and O–H groups in total. The van der Waals surface area contributed by atoms with Crippen molar-refractivity contribution in [1.82, 2.24) is 9.97 Å². The van der Waals surface area contributed by atoms with E-state index in [0.717, 1.165) is 16.7 Å². The molecule has 32 heavy (non-hydrogen) atoms. The average Bonchev–Trinajstić information content (AvgIpc) is 2.87. The van der Waals surface area contributed by atoms with Crippen LogP contribution in [0.5, 0.6) is 0 Å². The second-order valence-electron chi connectivity index (χ2n) is 7.07. The third-order valence-corrected chi connectivity index (χ3v) is 5.00. The number of nitriles is 2. The van der Waals surface area contributed by atoms with Crippen LogP contribution in [0.15, 0.2) is 85.2 Å². The quantitative estimate of drug-likeness (QED) is 0.434. The zero-order chi connectivity index (χ0) is 22.2. The molecule has 0 spiro atoms. The lowest BCUT2D eigenvalue weighted by molar-refractivity contribution is 1.07. The maximum atomic E-state index is 10.0. The molecule has 0 bridgehead atoms. The average molecular weight is 416 g/mol. The topological polar surface area (TPSA) is 97.4 Å². The molecule has 2 aromatic heterocycles. The fourth-order valence-corrected chi connectivity index (χ4v) is 3.43. The van der Waals surface area contributed by atoms with Crippen LogP contribution in [0.25, 0.3) is 11.1 Å². The number of aromatic nitrogens is 2. The fraction of sp³-hybridized carbons (Fsp3) is 0.0769. The normalized spacial score (nSPS) is 10.1. The van der Waals surface area contributed by atoms with Crippen molar-refractivity contribution in [3.8, 4) is 23.3 Å². The third kappa shape index (κ3) is 4.56. The summed E-state index contributed by atoms with van der Waals surface area (Å²) in [7, 11) is 0. The van der Waals surface area contributed by atoms with Crippen LogP contribution in [-0.4, -0.2) is 9.97 Å². The maximum Gasteiger partial charge on any atom is 0.147 e. The zero-order valence-electron chi connectivity index (χ0n) is 17.3. The molecule has 0 aliphatic carbocycles. The van der Waals surface area contributed by atoms with E-state index in [0.29, 0.717) is 41.4 Å². The molecule has 2 aromatic carbocycles. The van der Waals surface area contributed by atoms with E-state index in [9.17, 15) is 10.5 Å². The second kappa shape index (κ2) is 9.88. The van der Waals surface area contributed by atoms with Crippen molar-refractivity contribution < 1.29 is 0 Å². The molecule has 0 unspecified atom stereocenters. The summed E-state index contributed by atoms with van der Waals surface area (Å²) in [6.45, 7) is 1.00. The van der Waals surface area contributed by atoms with Gasteiger partial charge in [0.15, 0.2) is 0 Å². The molecule has 154 valence electrons. The molecular formula is C26H20N6. The third-order valence-electron chi connectivity index (χ3n) is 5.00. The highest BCUT2D eigenvalue weighted by Crippen LogP contribution is 2.35. The lowest BCUT2D eigenvalue weighted by atomic mass is 9.96. The predicted octanol–water partition coefficient (Wildman–Crippen LogP) is 5.11. The Morgan fingerprint density at radius 3 is 1.56 bits per heavy atom. The molecule has 0 amide bonds. The number of rotatable bonds is 7. The molecule has 0 aliphatic rings. The van der Waals surface area contributed by atoms with Gasteiger partial charge in [0.1, 0.15) is 34.9 Å². The van der Waals surface area contributed by atoms with Gasteiger partial charge in [-0.15, -0.1) is 0 Å². The first-order valence-corrected chi connectivity index (χ1v) is 10.1. The van der Waals surface area contributed by atoms with Gasteiger partial charge in [0.25, 0.3) is 0 Å². The van der Waals surface area contributed by atoms with Gasteiger partial charge in [-0.25, -0.2) is 4.98 Å². The highest BCUT2D eigenvalue weighted by Gasteiger charge is 2.21. The maximum absolute atomic E-state index is 10.0. The minimum atomic E-state index is 0.328.